The Morgan fingerprint density at radius 2 is 2.00 bits per heavy atom. The first-order chi connectivity index (χ1) is 9.45. The Kier molecular flexibility index (Phi) is 3.81. The second kappa shape index (κ2) is 5.39. The van der Waals surface area contributed by atoms with Gasteiger partial charge in [-0.05, 0) is 28.1 Å². The van der Waals surface area contributed by atoms with Crippen LogP contribution in [0.1, 0.15) is 0 Å². The number of para-hydroxylation sites is 1. The molecular formula is C11H13BrN6O2. The van der Waals surface area contributed by atoms with Crippen molar-refractivity contribution in [3.05, 3.63) is 43.4 Å². The van der Waals surface area contributed by atoms with Crippen LogP contribution < -0.4 is 33.4 Å². The second-order valence-electron chi connectivity index (χ2n) is 4.03. The number of aromatic nitrogens is 2. The lowest BCUT2D eigenvalue weighted by atomic mass is 10.2. The van der Waals surface area contributed by atoms with Crippen molar-refractivity contribution in [2.24, 2.45) is 12.9 Å². The molecule has 0 saturated heterocycles. The van der Waals surface area contributed by atoms with Gasteiger partial charge < -0.3 is 16.5 Å². The zero-order valence-electron chi connectivity index (χ0n) is 10.5. The van der Waals surface area contributed by atoms with Crippen LogP contribution >= 0.6 is 15.9 Å². The highest BCUT2D eigenvalue weighted by Gasteiger charge is 2.13. The number of nitrogens with zero attached hydrogens (tertiary/aromatic N) is 1. The van der Waals surface area contributed by atoms with Gasteiger partial charge in [-0.2, -0.15) is 0 Å². The van der Waals surface area contributed by atoms with Gasteiger partial charge in [0.1, 0.15) is 10.2 Å². The van der Waals surface area contributed by atoms with E-state index in [1.165, 1.54) is 7.05 Å². The third-order valence-corrected chi connectivity index (χ3v) is 3.44. The van der Waals surface area contributed by atoms with Gasteiger partial charge in [-0.25, -0.2) is 0 Å². The Bertz CT molecular complexity index is 766. The first kappa shape index (κ1) is 14.2. The molecule has 8 nitrogen and oxygen atoms in total. The summed E-state index contributed by atoms with van der Waals surface area (Å²) >= 11 is 3.11. The van der Waals surface area contributed by atoms with Crippen LogP contribution in [0, 0.1) is 0 Å². The first-order valence-corrected chi connectivity index (χ1v) is 6.36. The number of nitrogen functional groups attached to an aromatic ring is 2. The minimum Gasteiger partial charge on any atom is -0.397 e. The number of hydrogen-bond donors (Lipinski definition) is 5. The summed E-state index contributed by atoms with van der Waals surface area (Å²) in [6, 6.07) is 5.03. The number of nitrogens with two attached hydrogens (primary N) is 2. The summed E-state index contributed by atoms with van der Waals surface area (Å²) in [4.78, 5) is 23.7. The third kappa shape index (κ3) is 2.40. The first-order valence-electron chi connectivity index (χ1n) is 5.56. The van der Waals surface area contributed by atoms with Crippen molar-refractivity contribution < 1.29 is 0 Å². The number of nitrogens with one attached hydrogen (secondary N) is 3. The molecule has 9 heteroatoms. The fourth-order valence-electron chi connectivity index (χ4n) is 1.69. The van der Waals surface area contributed by atoms with Crippen molar-refractivity contribution in [2.45, 2.75) is 0 Å². The van der Waals surface area contributed by atoms with Gasteiger partial charge in [-0.15, -0.1) is 0 Å². The number of halogens is 1. The zero-order chi connectivity index (χ0) is 14.9. The number of aryl methyl sites for hydroxylation is 1. The van der Waals surface area contributed by atoms with Gasteiger partial charge in [0.15, 0.2) is 0 Å². The summed E-state index contributed by atoms with van der Waals surface area (Å²) in [6.45, 7) is 0. The van der Waals surface area contributed by atoms with Gasteiger partial charge in [0.05, 0.1) is 17.1 Å². The predicted octanol–water partition coefficient (Wildman–Crippen LogP) is 0.448. The van der Waals surface area contributed by atoms with E-state index < -0.39 is 5.56 Å². The quantitative estimate of drug-likeness (QED) is 0.313. The molecule has 2 rings (SSSR count). The fourth-order valence-corrected chi connectivity index (χ4v) is 2.24. The Hall–Kier alpha value is -2.26. The van der Waals surface area contributed by atoms with Crippen molar-refractivity contribution in [3.63, 3.8) is 0 Å². The van der Waals surface area contributed by atoms with Gasteiger partial charge in [0.2, 0.25) is 0 Å². The number of benzene rings is 1. The fraction of sp³-hybridized carbons (Fsp3) is 0.0909. The number of hydrogen-bond acceptors (Lipinski definition) is 6. The molecule has 20 heavy (non-hydrogen) atoms. The molecule has 0 saturated carbocycles. The Balaban J connectivity index is 2.57. The highest BCUT2D eigenvalue weighted by Crippen LogP contribution is 2.30. The number of H-pyrrole nitrogens is 1. The molecule has 0 bridgehead atoms. The van der Waals surface area contributed by atoms with Gasteiger partial charge in [0, 0.05) is 7.05 Å². The molecular weight excluding hydrogens is 328 g/mol. The predicted molar refractivity (Wildman–Crippen MR) is 82.0 cm³/mol. The van der Waals surface area contributed by atoms with Crippen LogP contribution in [0.4, 0.5) is 22.7 Å². The lowest BCUT2D eigenvalue weighted by molar-refractivity contribution is 0.689. The maximum absolute atomic E-state index is 11.9. The highest BCUT2D eigenvalue weighted by molar-refractivity contribution is 9.10. The van der Waals surface area contributed by atoms with Crippen LogP contribution in [0.15, 0.2) is 32.3 Å². The number of anilines is 4. The molecule has 0 aliphatic rings. The van der Waals surface area contributed by atoms with Gasteiger partial charge >= 0.3 is 0 Å². The number of aromatic amines is 1. The van der Waals surface area contributed by atoms with E-state index in [-0.39, 0.29) is 15.7 Å². The normalized spacial score (nSPS) is 10.3. The maximum atomic E-state index is 11.9. The lowest BCUT2D eigenvalue weighted by Gasteiger charge is -2.14. The molecule has 1 aromatic carbocycles. The molecule has 1 heterocycles. The monoisotopic (exact) mass is 340 g/mol. The minimum atomic E-state index is -0.454. The lowest BCUT2D eigenvalue weighted by Crippen LogP contribution is -2.29. The van der Waals surface area contributed by atoms with E-state index >= 15 is 0 Å². The Morgan fingerprint density at radius 1 is 1.30 bits per heavy atom. The maximum Gasteiger partial charge on any atom is 0.287 e. The van der Waals surface area contributed by atoms with E-state index in [2.05, 4.69) is 31.8 Å². The third-order valence-electron chi connectivity index (χ3n) is 2.71. The molecule has 0 amide bonds. The molecule has 106 valence electrons. The number of hydrazine groups is 1. The van der Waals surface area contributed by atoms with E-state index in [4.69, 9.17) is 11.6 Å². The molecule has 1 aromatic heterocycles. The topological polar surface area (TPSA) is 131 Å². The molecule has 7 N–H and O–H groups in total. The smallest absolute Gasteiger partial charge is 0.287 e. The molecule has 2 aromatic rings. The Labute approximate surface area is 121 Å². The van der Waals surface area contributed by atoms with E-state index in [9.17, 15) is 9.59 Å². The standard InChI is InChI=1S/C11H13BrN6O2/c1-18-11(20)7(12)9(10(19)17-18)15-6-4-2-3-5(13)8(6)16-14/h2-4,15-16H,13-14H2,1H3,(H,17,19). The van der Waals surface area contributed by atoms with Crippen molar-refractivity contribution in [1.29, 1.82) is 0 Å². The SMILES string of the molecule is Cn1[nH]c(=O)c(Nc2cccc(N)c2NN)c(Br)c1=O. The minimum absolute atomic E-state index is 0.0789. The van der Waals surface area contributed by atoms with Crippen molar-refractivity contribution in [2.75, 3.05) is 16.5 Å². The molecule has 0 aliphatic carbocycles. The van der Waals surface area contributed by atoms with Crippen LogP contribution in [-0.4, -0.2) is 9.78 Å². The van der Waals surface area contributed by atoms with Gasteiger partial charge in [0.25, 0.3) is 11.1 Å². The summed E-state index contributed by atoms with van der Waals surface area (Å²) in [5, 5.41) is 5.24. The average Bonchev–Trinajstić information content (AvgIpc) is 2.41. The average molecular weight is 341 g/mol. The van der Waals surface area contributed by atoms with Crippen LogP contribution in [-0.2, 0) is 7.05 Å². The Morgan fingerprint density at radius 3 is 2.65 bits per heavy atom. The zero-order valence-corrected chi connectivity index (χ0v) is 12.1. The van der Waals surface area contributed by atoms with Crippen LogP contribution in [0.25, 0.3) is 0 Å². The summed E-state index contributed by atoms with van der Waals surface area (Å²) in [5.74, 6) is 5.40. The van der Waals surface area contributed by atoms with E-state index in [1.54, 1.807) is 18.2 Å². The molecule has 0 aliphatic heterocycles. The molecule has 0 unspecified atom stereocenters. The summed E-state index contributed by atoms with van der Waals surface area (Å²) in [5.41, 5.74) is 8.79. The largest absolute Gasteiger partial charge is 0.397 e. The van der Waals surface area contributed by atoms with Crippen molar-refractivity contribution in [1.82, 2.24) is 9.78 Å². The van der Waals surface area contributed by atoms with E-state index in [1.807, 2.05) is 0 Å². The van der Waals surface area contributed by atoms with Crippen LogP contribution in [0.2, 0.25) is 0 Å². The number of rotatable bonds is 3. The van der Waals surface area contributed by atoms with Crippen molar-refractivity contribution >= 4 is 38.7 Å². The second-order valence-corrected chi connectivity index (χ2v) is 4.83. The molecule has 0 spiro atoms. The van der Waals surface area contributed by atoms with Gasteiger partial charge in [-0.1, -0.05) is 6.07 Å². The van der Waals surface area contributed by atoms with E-state index in [0.717, 1.165) is 4.68 Å². The van der Waals surface area contributed by atoms with Crippen LogP contribution in [0.5, 0.6) is 0 Å². The summed E-state index contributed by atoms with van der Waals surface area (Å²) in [6.07, 6.45) is 0. The highest BCUT2D eigenvalue weighted by atomic mass is 79.9. The molecule has 0 fully saturated rings. The van der Waals surface area contributed by atoms with Gasteiger partial charge in [-0.3, -0.25) is 25.2 Å². The summed E-state index contributed by atoms with van der Waals surface area (Å²) < 4.78 is 1.20. The van der Waals surface area contributed by atoms with E-state index in [0.29, 0.717) is 17.1 Å². The summed E-state index contributed by atoms with van der Waals surface area (Å²) in [7, 11) is 1.45. The van der Waals surface area contributed by atoms with Crippen molar-refractivity contribution in [3.8, 4) is 0 Å². The molecule has 0 atom stereocenters. The molecule has 0 radical (unpaired) electrons. The van der Waals surface area contributed by atoms with Crippen LogP contribution in [0.3, 0.4) is 0 Å².